The number of likely N-dealkylation sites (tertiary alicyclic amines) is 1. The highest BCUT2D eigenvalue weighted by Gasteiger charge is 2.22. The van der Waals surface area contributed by atoms with Crippen LogP contribution in [0.5, 0.6) is 5.75 Å². The Morgan fingerprint density at radius 1 is 1.31 bits per heavy atom. The van der Waals surface area contributed by atoms with Crippen molar-refractivity contribution in [3.8, 4) is 5.75 Å². The number of hydrogen-bond acceptors (Lipinski definition) is 7. The fourth-order valence-electron chi connectivity index (χ4n) is 3.68. The lowest BCUT2D eigenvalue weighted by Gasteiger charge is -2.30. The minimum Gasteiger partial charge on any atom is -0.495 e. The molecule has 32 heavy (non-hydrogen) atoms. The van der Waals surface area contributed by atoms with Gasteiger partial charge in [0.05, 0.1) is 23.4 Å². The molecule has 1 N–H and O–H groups in total. The molecular weight excluding hydrogens is 450 g/mol. The van der Waals surface area contributed by atoms with Crippen LogP contribution in [0.2, 0.25) is 0 Å². The van der Waals surface area contributed by atoms with Crippen LogP contribution < -0.4 is 9.46 Å². The molecule has 10 heteroatoms. The summed E-state index contributed by atoms with van der Waals surface area (Å²) in [4.78, 5) is 18.8. The van der Waals surface area contributed by atoms with E-state index in [-0.39, 0.29) is 16.6 Å². The van der Waals surface area contributed by atoms with Crippen molar-refractivity contribution in [2.24, 2.45) is 5.92 Å². The Bertz CT molecular complexity index is 1230. The molecule has 2 aromatic carbocycles. The molecular formula is C22H25N3O5S2. The Hall–Kier alpha value is -2.72. The van der Waals surface area contributed by atoms with Gasteiger partial charge in [-0.25, -0.2) is 13.4 Å². The van der Waals surface area contributed by atoms with Gasteiger partial charge in [0.1, 0.15) is 11.3 Å². The quantitative estimate of drug-likeness (QED) is 0.516. The zero-order chi connectivity index (χ0) is 22.7. The number of benzene rings is 2. The molecule has 1 atom stereocenters. The van der Waals surface area contributed by atoms with Gasteiger partial charge < -0.3 is 14.1 Å². The lowest BCUT2D eigenvalue weighted by atomic mass is 10.0. The minimum atomic E-state index is -3.85. The molecule has 170 valence electrons. The monoisotopic (exact) mass is 475 g/mol. The lowest BCUT2D eigenvalue weighted by molar-refractivity contribution is -0.130. The van der Waals surface area contributed by atoms with Crippen LogP contribution in [0.25, 0.3) is 11.1 Å². The number of sulfonamides is 1. The van der Waals surface area contributed by atoms with Gasteiger partial charge in [-0.2, -0.15) is 0 Å². The molecule has 2 heterocycles. The number of ether oxygens (including phenoxy) is 1. The number of piperidine rings is 1. The second-order valence-electron chi connectivity index (χ2n) is 7.79. The Kier molecular flexibility index (Phi) is 6.61. The van der Waals surface area contributed by atoms with Crippen LogP contribution in [0.3, 0.4) is 0 Å². The zero-order valence-corrected chi connectivity index (χ0v) is 19.5. The Balaban J connectivity index is 1.47. The first-order chi connectivity index (χ1) is 15.4. The average molecular weight is 476 g/mol. The molecule has 0 bridgehead atoms. The number of amides is 1. The van der Waals surface area contributed by atoms with Crippen molar-refractivity contribution in [1.82, 2.24) is 9.88 Å². The van der Waals surface area contributed by atoms with Crippen LogP contribution in [-0.2, 0) is 14.8 Å². The van der Waals surface area contributed by atoms with Crippen molar-refractivity contribution in [1.29, 1.82) is 0 Å². The van der Waals surface area contributed by atoms with Crippen molar-refractivity contribution in [2.75, 3.05) is 30.7 Å². The molecule has 1 aliphatic heterocycles. The molecule has 0 radical (unpaired) electrons. The fraction of sp³-hybridized carbons (Fsp3) is 0.364. The van der Waals surface area contributed by atoms with E-state index in [0.717, 1.165) is 25.9 Å². The van der Waals surface area contributed by atoms with Gasteiger partial charge in [-0.15, -0.1) is 0 Å². The first-order valence-corrected chi connectivity index (χ1v) is 12.8. The molecule has 3 aromatic rings. The van der Waals surface area contributed by atoms with Gasteiger partial charge in [0.2, 0.25) is 5.91 Å². The standard InChI is InChI=1S/C22H25N3O5S2/c1-15-6-5-11-25(13-15)21(26)14-31-22-23-18-12-16(9-10-20(18)30-22)32(27,28)24-17-7-3-4-8-19(17)29-2/h3-4,7-10,12,15,24H,5-6,11,13-14H2,1-2H3. The lowest BCUT2D eigenvalue weighted by Crippen LogP contribution is -2.40. The van der Waals surface area contributed by atoms with Crippen LogP contribution >= 0.6 is 11.8 Å². The largest absolute Gasteiger partial charge is 0.495 e. The summed E-state index contributed by atoms with van der Waals surface area (Å²) in [5.74, 6) is 1.24. The molecule has 8 nitrogen and oxygen atoms in total. The SMILES string of the molecule is COc1ccccc1NS(=O)(=O)c1ccc2oc(SCC(=O)N3CCCC(C)C3)nc2c1. The van der Waals surface area contributed by atoms with Gasteiger partial charge in [0, 0.05) is 13.1 Å². The van der Waals surface area contributed by atoms with E-state index >= 15 is 0 Å². The maximum Gasteiger partial charge on any atom is 0.262 e. The molecule has 0 saturated carbocycles. The fourth-order valence-corrected chi connectivity index (χ4v) is 5.51. The van der Waals surface area contributed by atoms with E-state index in [1.54, 1.807) is 30.3 Å². The van der Waals surface area contributed by atoms with Crippen LogP contribution in [0.1, 0.15) is 19.8 Å². The van der Waals surface area contributed by atoms with Gasteiger partial charge in [-0.1, -0.05) is 30.8 Å². The summed E-state index contributed by atoms with van der Waals surface area (Å²) in [6.07, 6.45) is 2.18. The number of para-hydroxylation sites is 2. The van der Waals surface area contributed by atoms with Crippen molar-refractivity contribution >= 4 is 44.5 Å². The van der Waals surface area contributed by atoms with Crippen molar-refractivity contribution in [2.45, 2.75) is 29.9 Å². The molecule has 1 unspecified atom stereocenters. The van der Waals surface area contributed by atoms with Crippen molar-refractivity contribution in [3.63, 3.8) is 0 Å². The van der Waals surface area contributed by atoms with Crippen molar-refractivity contribution in [3.05, 3.63) is 42.5 Å². The molecule has 1 amide bonds. The number of nitrogens with zero attached hydrogens (tertiary/aromatic N) is 2. The second kappa shape index (κ2) is 9.41. The smallest absolute Gasteiger partial charge is 0.262 e. The first kappa shape index (κ1) is 22.5. The summed E-state index contributed by atoms with van der Waals surface area (Å²) in [6.45, 7) is 3.73. The Morgan fingerprint density at radius 3 is 2.91 bits per heavy atom. The number of nitrogens with one attached hydrogen (secondary N) is 1. The maximum absolute atomic E-state index is 12.9. The summed E-state index contributed by atoms with van der Waals surface area (Å²) >= 11 is 1.22. The number of anilines is 1. The first-order valence-electron chi connectivity index (χ1n) is 10.3. The molecule has 1 fully saturated rings. The van der Waals surface area contributed by atoms with Gasteiger partial charge in [-0.05, 0) is 49.1 Å². The summed E-state index contributed by atoms with van der Waals surface area (Å²) in [5, 5.41) is 0.339. The number of fused-ring (bicyclic) bond motifs is 1. The number of aromatic nitrogens is 1. The van der Waals surface area contributed by atoms with Gasteiger partial charge in [-0.3, -0.25) is 9.52 Å². The van der Waals surface area contributed by atoms with Crippen LogP contribution in [0, 0.1) is 5.92 Å². The van der Waals surface area contributed by atoms with Crippen LogP contribution in [0.15, 0.2) is 57.0 Å². The highest BCUT2D eigenvalue weighted by molar-refractivity contribution is 7.99. The van der Waals surface area contributed by atoms with E-state index < -0.39 is 10.0 Å². The van der Waals surface area contributed by atoms with Gasteiger partial charge in [0.25, 0.3) is 15.2 Å². The van der Waals surface area contributed by atoms with Crippen LogP contribution in [-0.4, -0.2) is 50.2 Å². The number of thioether (sulfide) groups is 1. The van der Waals surface area contributed by atoms with E-state index in [9.17, 15) is 13.2 Å². The van der Waals surface area contributed by atoms with Gasteiger partial charge in [0.15, 0.2) is 5.58 Å². The summed E-state index contributed by atoms with van der Waals surface area (Å²) < 4.78 is 39.2. The number of oxazole rings is 1. The van der Waals surface area contributed by atoms with E-state index in [4.69, 9.17) is 9.15 Å². The predicted octanol–water partition coefficient (Wildman–Crippen LogP) is 3.99. The summed E-state index contributed by atoms with van der Waals surface area (Å²) in [6, 6.07) is 11.3. The molecule has 0 spiro atoms. The molecule has 1 saturated heterocycles. The summed E-state index contributed by atoms with van der Waals surface area (Å²) in [7, 11) is -2.38. The summed E-state index contributed by atoms with van der Waals surface area (Å²) in [5.41, 5.74) is 1.22. The van der Waals surface area contributed by atoms with E-state index in [0.29, 0.717) is 33.7 Å². The highest BCUT2D eigenvalue weighted by atomic mass is 32.2. The highest BCUT2D eigenvalue weighted by Crippen LogP contribution is 2.29. The average Bonchev–Trinajstić information content (AvgIpc) is 3.20. The molecule has 1 aliphatic rings. The number of hydrogen-bond donors (Lipinski definition) is 1. The number of carbonyl (C=O) groups excluding carboxylic acids is 1. The normalized spacial score (nSPS) is 16.8. The van der Waals surface area contributed by atoms with Gasteiger partial charge >= 0.3 is 0 Å². The van der Waals surface area contributed by atoms with E-state index in [1.165, 1.54) is 31.0 Å². The molecule has 0 aliphatic carbocycles. The topological polar surface area (TPSA) is 102 Å². The third kappa shape index (κ3) is 5.02. The molecule has 4 rings (SSSR count). The van der Waals surface area contributed by atoms with E-state index in [1.807, 2.05) is 4.90 Å². The predicted molar refractivity (Wildman–Crippen MR) is 124 cm³/mol. The Morgan fingerprint density at radius 2 is 2.12 bits per heavy atom. The van der Waals surface area contributed by atoms with Crippen LogP contribution in [0.4, 0.5) is 5.69 Å². The number of methoxy groups -OCH3 is 1. The zero-order valence-electron chi connectivity index (χ0n) is 17.9. The second-order valence-corrected chi connectivity index (χ2v) is 10.4. The van der Waals surface area contributed by atoms with E-state index in [2.05, 4.69) is 16.6 Å². The minimum absolute atomic E-state index is 0.0548. The third-order valence-corrected chi connectivity index (χ3v) is 7.51. The maximum atomic E-state index is 12.9. The molecule has 1 aromatic heterocycles. The number of carbonyl (C=O) groups is 1. The number of rotatable bonds is 7. The third-order valence-electron chi connectivity index (χ3n) is 5.33. The Labute approximate surface area is 191 Å². The van der Waals surface area contributed by atoms with Crippen molar-refractivity contribution < 1.29 is 22.4 Å².